The normalized spacial score (nSPS) is 22.4. The van der Waals surface area contributed by atoms with Gasteiger partial charge in [-0.25, -0.2) is 4.79 Å². The van der Waals surface area contributed by atoms with Crippen LogP contribution >= 0.6 is 0 Å². The van der Waals surface area contributed by atoms with Gasteiger partial charge in [-0.15, -0.1) is 0 Å². The lowest BCUT2D eigenvalue weighted by atomic mass is 9.88. The quantitative estimate of drug-likeness (QED) is 0.513. The van der Waals surface area contributed by atoms with Crippen molar-refractivity contribution in [1.29, 1.82) is 0 Å². The molecular weight excluding hydrogens is 530 g/mol. The summed E-state index contributed by atoms with van der Waals surface area (Å²) in [7, 11) is 0. The van der Waals surface area contributed by atoms with Crippen LogP contribution in [-0.2, 0) is 26.2 Å². The van der Waals surface area contributed by atoms with E-state index >= 15 is 0 Å². The van der Waals surface area contributed by atoms with Gasteiger partial charge in [-0.1, -0.05) is 44.2 Å². The van der Waals surface area contributed by atoms with Gasteiger partial charge in [0.15, 0.2) is 0 Å². The zero-order valence-electron chi connectivity index (χ0n) is 25.9. The molecular formula is C33H45N5O4. The lowest BCUT2D eigenvalue weighted by Gasteiger charge is -2.46. The van der Waals surface area contributed by atoms with Crippen LogP contribution in [-0.4, -0.2) is 94.5 Å². The van der Waals surface area contributed by atoms with E-state index in [1.54, 1.807) is 4.90 Å². The Morgan fingerprint density at radius 2 is 1.86 bits per heavy atom. The molecule has 0 spiro atoms. The minimum atomic E-state index is -0.603. The number of piperazine rings is 1. The van der Waals surface area contributed by atoms with Crippen LogP contribution in [0.5, 0.6) is 0 Å². The van der Waals surface area contributed by atoms with Gasteiger partial charge in [0.2, 0.25) is 11.8 Å². The molecule has 0 radical (unpaired) electrons. The number of nitrogens with zero attached hydrogens (tertiary/aromatic N) is 5. The smallest absolute Gasteiger partial charge is 0.410 e. The Morgan fingerprint density at radius 1 is 1.12 bits per heavy atom. The monoisotopic (exact) mass is 575 g/mol. The van der Waals surface area contributed by atoms with Crippen LogP contribution in [0.15, 0.2) is 42.6 Å². The number of fused-ring (bicyclic) bond motifs is 1. The van der Waals surface area contributed by atoms with Crippen LogP contribution in [0.3, 0.4) is 0 Å². The van der Waals surface area contributed by atoms with E-state index in [2.05, 4.69) is 36.9 Å². The van der Waals surface area contributed by atoms with Gasteiger partial charge >= 0.3 is 6.09 Å². The molecule has 0 unspecified atom stereocenters. The van der Waals surface area contributed by atoms with Crippen LogP contribution in [0.4, 0.5) is 10.5 Å². The molecule has 226 valence electrons. The van der Waals surface area contributed by atoms with Crippen molar-refractivity contribution in [3.63, 3.8) is 0 Å². The van der Waals surface area contributed by atoms with E-state index in [4.69, 9.17) is 9.72 Å². The second kappa shape index (κ2) is 11.7. The molecule has 0 aliphatic carbocycles. The molecule has 9 nitrogen and oxygen atoms in total. The van der Waals surface area contributed by atoms with Crippen LogP contribution in [0.25, 0.3) is 0 Å². The molecule has 42 heavy (non-hydrogen) atoms. The van der Waals surface area contributed by atoms with Gasteiger partial charge in [0, 0.05) is 80.5 Å². The van der Waals surface area contributed by atoms with Crippen molar-refractivity contribution in [2.24, 2.45) is 0 Å². The van der Waals surface area contributed by atoms with E-state index in [1.165, 1.54) is 5.56 Å². The van der Waals surface area contributed by atoms with Crippen molar-refractivity contribution >= 4 is 23.6 Å². The number of likely N-dealkylation sites (tertiary alicyclic amines) is 1. The summed E-state index contributed by atoms with van der Waals surface area (Å²) in [5.74, 6) is 0.159. The Kier molecular flexibility index (Phi) is 8.34. The first-order chi connectivity index (χ1) is 19.8. The average Bonchev–Trinajstić information content (AvgIpc) is 3.43. The highest BCUT2D eigenvalue weighted by atomic mass is 16.6. The van der Waals surface area contributed by atoms with Crippen molar-refractivity contribution in [2.75, 3.05) is 44.2 Å². The van der Waals surface area contributed by atoms with Crippen molar-refractivity contribution in [3.05, 3.63) is 59.4 Å². The SMILES string of the molecule is C[C@@H]1CN(CC(=O)N2CC(C)(C)c3cnc(Cc4ccccc4)cc32)[C@@H](CN2CCCC2=O)CN1C(=O)OC(C)(C)C. The highest BCUT2D eigenvalue weighted by Crippen LogP contribution is 2.40. The second-order valence-corrected chi connectivity index (χ2v) is 13.7. The van der Waals surface area contributed by atoms with Gasteiger partial charge in [0.1, 0.15) is 5.60 Å². The number of anilines is 1. The number of hydrogen-bond donors (Lipinski definition) is 0. The lowest BCUT2D eigenvalue weighted by molar-refractivity contribution is -0.129. The minimum absolute atomic E-state index is 0.0225. The molecule has 9 heteroatoms. The minimum Gasteiger partial charge on any atom is -0.444 e. The van der Waals surface area contributed by atoms with E-state index in [0.717, 1.165) is 23.4 Å². The summed E-state index contributed by atoms with van der Waals surface area (Å²) in [6.07, 6.45) is 3.68. The first-order valence-electron chi connectivity index (χ1n) is 15.2. The molecule has 0 N–H and O–H groups in total. The fourth-order valence-electron chi connectivity index (χ4n) is 6.38. The van der Waals surface area contributed by atoms with E-state index < -0.39 is 5.60 Å². The highest BCUT2D eigenvalue weighted by molar-refractivity contribution is 5.97. The zero-order valence-corrected chi connectivity index (χ0v) is 25.9. The van der Waals surface area contributed by atoms with E-state index in [-0.39, 0.29) is 42.0 Å². The number of rotatable bonds is 6. The van der Waals surface area contributed by atoms with Crippen LogP contribution < -0.4 is 4.90 Å². The molecule has 3 aliphatic rings. The first-order valence-corrected chi connectivity index (χ1v) is 15.2. The Morgan fingerprint density at radius 3 is 2.52 bits per heavy atom. The summed E-state index contributed by atoms with van der Waals surface area (Å²) in [4.78, 5) is 52.2. The molecule has 0 bridgehead atoms. The molecule has 2 aromatic rings. The summed E-state index contributed by atoms with van der Waals surface area (Å²) >= 11 is 0. The number of aromatic nitrogens is 1. The highest BCUT2D eigenvalue weighted by Gasteiger charge is 2.42. The second-order valence-electron chi connectivity index (χ2n) is 13.7. The lowest BCUT2D eigenvalue weighted by Crippen LogP contribution is -2.63. The summed E-state index contributed by atoms with van der Waals surface area (Å²) in [6, 6.07) is 12.0. The van der Waals surface area contributed by atoms with Gasteiger partial charge in [0.05, 0.1) is 12.2 Å². The van der Waals surface area contributed by atoms with Crippen molar-refractivity contribution < 1.29 is 19.1 Å². The maximum Gasteiger partial charge on any atom is 0.410 e. The maximum absolute atomic E-state index is 14.1. The summed E-state index contributed by atoms with van der Waals surface area (Å²) in [5, 5.41) is 0. The number of benzene rings is 1. The topological polar surface area (TPSA) is 86.3 Å². The molecule has 1 aromatic heterocycles. The van der Waals surface area contributed by atoms with Crippen molar-refractivity contribution in [3.8, 4) is 0 Å². The summed E-state index contributed by atoms with van der Waals surface area (Å²) in [5.41, 5.74) is 3.30. The molecule has 2 atom stereocenters. The number of carbonyl (C=O) groups excluding carboxylic acids is 3. The molecule has 4 heterocycles. The molecule has 0 saturated carbocycles. The van der Waals surface area contributed by atoms with Gasteiger partial charge < -0.3 is 19.4 Å². The fraction of sp³-hybridized carbons (Fsp3) is 0.576. The molecule has 3 amide bonds. The molecule has 2 saturated heterocycles. The fourth-order valence-corrected chi connectivity index (χ4v) is 6.38. The summed E-state index contributed by atoms with van der Waals surface area (Å²) < 4.78 is 5.71. The third-order valence-electron chi connectivity index (χ3n) is 8.56. The Hall–Kier alpha value is -3.46. The summed E-state index contributed by atoms with van der Waals surface area (Å²) in [6.45, 7) is 14.8. The third kappa shape index (κ3) is 6.61. The van der Waals surface area contributed by atoms with Crippen molar-refractivity contribution in [1.82, 2.24) is 19.7 Å². The Balaban J connectivity index is 1.36. The van der Waals surface area contributed by atoms with E-state index in [0.29, 0.717) is 45.6 Å². The van der Waals surface area contributed by atoms with Crippen LogP contribution in [0.2, 0.25) is 0 Å². The van der Waals surface area contributed by atoms with Gasteiger partial charge in [-0.05, 0) is 45.7 Å². The van der Waals surface area contributed by atoms with Crippen molar-refractivity contribution in [2.45, 2.75) is 83.9 Å². The first kappa shape index (κ1) is 30.0. The largest absolute Gasteiger partial charge is 0.444 e. The molecule has 3 aliphatic heterocycles. The number of carbonyl (C=O) groups is 3. The molecule has 5 rings (SSSR count). The average molecular weight is 576 g/mol. The van der Waals surface area contributed by atoms with Crippen LogP contribution in [0, 0.1) is 0 Å². The molecule has 2 fully saturated rings. The standard InChI is InChI=1S/C33H45N5O4/c1-23-18-36(26(19-35-14-10-13-29(35)39)20-37(23)31(41)42-32(2,3)4)21-30(40)38-22-33(5,6)27-17-34-25(16-28(27)38)15-24-11-8-7-9-12-24/h7-9,11-12,16-17,23,26H,10,13-15,18-22H2,1-6H3/t23-,26+/m1/s1. The third-order valence-corrected chi connectivity index (χ3v) is 8.56. The number of pyridine rings is 1. The predicted octanol–water partition coefficient (Wildman–Crippen LogP) is 4.23. The zero-order chi connectivity index (χ0) is 30.2. The van der Waals surface area contributed by atoms with E-state index in [9.17, 15) is 14.4 Å². The number of hydrogen-bond acceptors (Lipinski definition) is 6. The number of amides is 3. The van der Waals surface area contributed by atoms with Gasteiger partial charge in [-0.2, -0.15) is 0 Å². The predicted molar refractivity (Wildman–Crippen MR) is 162 cm³/mol. The maximum atomic E-state index is 14.1. The Labute approximate surface area is 249 Å². The Bertz CT molecular complexity index is 1320. The van der Waals surface area contributed by atoms with Gasteiger partial charge in [0.25, 0.3) is 0 Å². The van der Waals surface area contributed by atoms with Crippen LogP contribution in [0.1, 0.15) is 71.2 Å². The van der Waals surface area contributed by atoms with E-state index in [1.807, 2.05) is 61.9 Å². The number of ether oxygens (including phenoxy) is 1. The molecule has 1 aromatic carbocycles. The van der Waals surface area contributed by atoms with Gasteiger partial charge in [-0.3, -0.25) is 19.5 Å².